The Bertz CT molecular complexity index is 543. The first-order valence-electron chi connectivity index (χ1n) is 6.36. The third-order valence-electron chi connectivity index (χ3n) is 2.80. The number of halogens is 1. The smallest absolute Gasteiger partial charge is 0.143 e. The minimum atomic E-state index is 0.741. The van der Waals surface area contributed by atoms with Crippen LogP contribution in [0.25, 0.3) is 0 Å². The second kappa shape index (κ2) is 6.79. The van der Waals surface area contributed by atoms with Crippen molar-refractivity contribution in [2.24, 2.45) is 0 Å². The summed E-state index contributed by atoms with van der Waals surface area (Å²) in [6.45, 7) is 2.17. The van der Waals surface area contributed by atoms with E-state index in [4.69, 9.17) is 0 Å². The fourth-order valence-electron chi connectivity index (χ4n) is 1.88. The second-order valence-corrected chi connectivity index (χ2v) is 5.36. The van der Waals surface area contributed by atoms with Crippen LogP contribution in [0.4, 0.5) is 5.82 Å². The molecule has 2 aromatic heterocycles. The van der Waals surface area contributed by atoms with Gasteiger partial charge in [0.25, 0.3) is 0 Å². The van der Waals surface area contributed by atoms with Gasteiger partial charge in [-0.1, -0.05) is 13.3 Å². The molecule has 0 amide bonds. The van der Waals surface area contributed by atoms with Gasteiger partial charge in [-0.05, 0) is 46.7 Å². The first kappa shape index (κ1) is 14.2. The number of hydrogen-bond donors (Lipinski definition) is 1. The van der Waals surface area contributed by atoms with E-state index in [9.17, 15) is 0 Å². The molecular formula is C14H17IN4. The largest absolute Gasteiger partial charge is 0.372 e. The van der Waals surface area contributed by atoms with Crippen LogP contribution in [-0.2, 0) is 12.8 Å². The van der Waals surface area contributed by atoms with Crippen molar-refractivity contribution in [3.05, 3.63) is 45.2 Å². The molecule has 0 bridgehead atoms. The molecule has 0 aliphatic heterocycles. The molecule has 19 heavy (non-hydrogen) atoms. The Morgan fingerprint density at radius 2 is 1.95 bits per heavy atom. The monoisotopic (exact) mass is 368 g/mol. The lowest BCUT2D eigenvalue weighted by Gasteiger charge is -2.10. The summed E-state index contributed by atoms with van der Waals surface area (Å²) >= 11 is 2.31. The van der Waals surface area contributed by atoms with E-state index in [0.717, 1.165) is 40.2 Å². The molecule has 100 valence electrons. The molecule has 0 aliphatic rings. The average Bonchev–Trinajstić information content (AvgIpc) is 2.43. The summed E-state index contributed by atoms with van der Waals surface area (Å²) in [7, 11) is 1.90. The molecule has 0 spiro atoms. The maximum atomic E-state index is 4.69. The van der Waals surface area contributed by atoms with Gasteiger partial charge in [0.1, 0.15) is 11.6 Å². The summed E-state index contributed by atoms with van der Waals surface area (Å²) in [5.74, 6) is 1.78. The highest BCUT2D eigenvalue weighted by atomic mass is 127. The van der Waals surface area contributed by atoms with Gasteiger partial charge in [-0.3, -0.25) is 4.98 Å². The van der Waals surface area contributed by atoms with Gasteiger partial charge in [-0.25, -0.2) is 9.97 Å². The highest BCUT2D eigenvalue weighted by Gasteiger charge is 2.11. The van der Waals surface area contributed by atoms with Crippen LogP contribution >= 0.6 is 22.6 Å². The van der Waals surface area contributed by atoms with Crippen LogP contribution in [-0.4, -0.2) is 22.0 Å². The van der Waals surface area contributed by atoms with E-state index in [2.05, 4.69) is 49.8 Å². The van der Waals surface area contributed by atoms with Crippen molar-refractivity contribution in [2.45, 2.75) is 26.2 Å². The summed E-state index contributed by atoms with van der Waals surface area (Å²) in [6.07, 6.45) is 6.41. The van der Waals surface area contributed by atoms with Crippen LogP contribution in [0.3, 0.4) is 0 Å². The highest BCUT2D eigenvalue weighted by molar-refractivity contribution is 14.1. The molecule has 1 N–H and O–H groups in total. The predicted octanol–water partition coefficient (Wildman–Crippen LogP) is 3.06. The Balaban J connectivity index is 2.32. The molecule has 0 saturated heterocycles. The van der Waals surface area contributed by atoms with E-state index in [1.54, 1.807) is 12.4 Å². The van der Waals surface area contributed by atoms with Crippen molar-refractivity contribution in [1.29, 1.82) is 0 Å². The maximum Gasteiger partial charge on any atom is 0.143 e. The molecule has 4 nitrogen and oxygen atoms in total. The van der Waals surface area contributed by atoms with Gasteiger partial charge in [0, 0.05) is 25.9 Å². The first-order valence-corrected chi connectivity index (χ1v) is 7.44. The van der Waals surface area contributed by atoms with Gasteiger partial charge < -0.3 is 5.32 Å². The highest BCUT2D eigenvalue weighted by Crippen LogP contribution is 2.21. The Labute approximate surface area is 127 Å². The van der Waals surface area contributed by atoms with Crippen LogP contribution in [0.2, 0.25) is 0 Å². The van der Waals surface area contributed by atoms with Crippen molar-refractivity contribution in [2.75, 3.05) is 12.4 Å². The molecular weight excluding hydrogens is 351 g/mol. The summed E-state index contributed by atoms with van der Waals surface area (Å²) in [4.78, 5) is 13.3. The maximum absolute atomic E-state index is 4.69. The molecule has 2 aromatic rings. The van der Waals surface area contributed by atoms with Gasteiger partial charge in [0.2, 0.25) is 0 Å². The molecule has 0 unspecified atom stereocenters. The fraction of sp³-hybridized carbons (Fsp3) is 0.357. The van der Waals surface area contributed by atoms with Crippen molar-refractivity contribution in [3.63, 3.8) is 0 Å². The van der Waals surface area contributed by atoms with E-state index >= 15 is 0 Å². The second-order valence-electron chi connectivity index (χ2n) is 4.28. The average molecular weight is 368 g/mol. The topological polar surface area (TPSA) is 50.7 Å². The summed E-state index contributed by atoms with van der Waals surface area (Å²) in [5, 5.41) is 3.15. The fourth-order valence-corrected chi connectivity index (χ4v) is 2.66. The number of aryl methyl sites for hydroxylation is 1. The van der Waals surface area contributed by atoms with E-state index in [1.165, 1.54) is 5.56 Å². The van der Waals surface area contributed by atoms with Crippen LogP contribution in [0.15, 0.2) is 24.5 Å². The van der Waals surface area contributed by atoms with E-state index in [0.29, 0.717) is 0 Å². The molecule has 0 aromatic carbocycles. The lowest BCUT2D eigenvalue weighted by atomic mass is 10.2. The third-order valence-corrected chi connectivity index (χ3v) is 3.93. The zero-order chi connectivity index (χ0) is 13.7. The molecule has 5 heteroatoms. The normalized spacial score (nSPS) is 10.5. The number of nitrogens with one attached hydrogen (secondary N) is 1. The Hall–Kier alpha value is -1.24. The van der Waals surface area contributed by atoms with Crippen LogP contribution in [0, 0.1) is 3.57 Å². The molecule has 0 atom stereocenters. The van der Waals surface area contributed by atoms with E-state index < -0.39 is 0 Å². The van der Waals surface area contributed by atoms with Gasteiger partial charge in [-0.2, -0.15) is 0 Å². The molecule has 2 rings (SSSR count). The van der Waals surface area contributed by atoms with Gasteiger partial charge >= 0.3 is 0 Å². The quantitative estimate of drug-likeness (QED) is 0.825. The summed E-state index contributed by atoms with van der Waals surface area (Å²) in [5.41, 5.74) is 2.31. The van der Waals surface area contributed by atoms with Crippen LogP contribution in [0.1, 0.15) is 30.4 Å². The Morgan fingerprint density at radius 1 is 1.21 bits per heavy atom. The molecule has 0 fully saturated rings. The number of rotatable bonds is 5. The SMILES string of the molecule is CCCc1nc(Cc2ccncc2)nc(NC)c1I. The third kappa shape index (κ3) is 3.62. The number of nitrogens with zero attached hydrogens (tertiary/aromatic N) is 3. The zero-order valence-corrected chi connectivity index (χ0v) is 13.3. The Kier molecular flexibility index (Phi) is 5.07. The standard InChI is InChI=1S/C14H17IN4/c1-3-4-11-13(15)14(16-2)19-12(18-11)9-10-5-7-17-8-6-10/h5-8H,3-4,9H2,1-2H3,(H,16,18,19). The predicted molar refractivity (Wildman–Crippen MR) is 85.3 cm³/mol. The molecule has 0 aliphatic carbocycles. The lowest BCUT2D eigenvalue weighted by Crippen LogP contribution is -2.08. The van der Waals surface area contributed by atoms with E-state index in [-0.39, 0.29) is 0 Å². The van der Waals surface area contributed by atoms with Crippen LogP contribution in [0.5, 0.6) is 0 Å². The number of anilines is 1. The van der Waals surface area contributed by atoms with Crippen LogP contribution < -0.4 is 5.32 Å². The van der Waals surface area contributed by atoms with Gasteiger partial charge in [0.05, 0.1) is 9.26 Å². The van der Waals surface area contributed by atoms with Gasteiger partial charge in [0.15, 0.2) is 0 Å². The number of pyridine rings is 1. The number of hydrogen-bond acceptors (Lipinski definition) is 4. The molecule has 0 radical (unpaired) electrons. The number of aromatic nitrogens is 3. The van der Waals surface area contributed by atoms with Crippen molar-refractivity contribution in [1.82, 2.24) is 15.0 Å². The van der Waals surface area contributed by atoms with E-state index in [1.807, 2.05) is 19.2 Å². The van der Waals surface area contributed by atoms with Gasteiger partial charge in [-0.15, -0.1) is 0 Å². The minimum absolute atomic E-state index is 0.741. The van der Waals surface area contributed by atoms with Crippen molar-refractivity contribution < 1.29 is 0 Å². The lowest BCUT2D eigenvalue weighted by molar-refractivity contribution is 0.834. The Morgan fingerprint density at radius 3 is 2.58 bits per heavy atom. The molecule has 0 saturated carbocycles. The first-order chi connectivity index (χ1) is 9.24. The minimum Gasteiger partial charge on any atom is -0.372 e. The van der Waals surface area contributed by atoms with Crippen molar-refractivity contribution >= 4 is 28.4 Å². The molecule has 2 heterocycles. The van der Waals surface area contributed by atoms with Crippen molar-refractivity contribution in [3.8, 4) is 0 Å². The summed E-state index contributed by atoms with van der Waals surface area (Å²) < 4.78 is 1.13. The zero-order valence-electron chi connectivity index (χ0n) is 11.2. The summed E-state index contributed by atoms with van der Waals surface area (Å²) in [6, 6.07) is 4.00.